The van der Waals surface area contributed by atoms with Crippen LogP contribution in [0.5, 0.6) is 0 Å². The first kappa shape index (κ1) is 95.1. The van der Waals surface area contributed by atoms with Crippen LogP contribution in [0.15, 0.2) is 0 Å². The van der Waals surface area contributed by atoms with Crippen LogP contribution in [0, 0.1) is 0 Å². The van der Waals surface area contributed by atoms with Gasteiger partial charge in [0.15, 0.2) is 16.6 Å². The highest BCUT2D eigenvalue weighted by molar-refractivity contribution is 6.74. The van der Waals surface area contributed by atoms with E-state index in [1.807, 2.05) is 40.0 Å². The number of halogens is 1. The number of carboxylic acids is 1. The Morgan fingerprint density at radius 1 is 0.449 bits per heavy atom. The Kier molecular flexibility index (Phi) is 158. The van der Waals surface area contributed by atoms with Gasteiger partial charge in [0.1, 0.15) is 0 Å². The maximum Gasteiger partial charge on any atom is 0.516 e. The third-order valence-electron chi connectivity index (χ3n) is 8.36. The van der Waals surface area contributed by atoms with Crippen LogP contribution in [0.3, 0.4) is 0 Å². The average molecular weight is 1320 g/mol. The molecule has 2 atom stereocenters. The van der Waals surface area contributed by atoms with Crippen LogP contribution < -0.4 is 0 Å². The van der Waals surface area contributed by atoms with Crippen molar-refractivity contribution in [2.75, 3.05) is 26.4 Å². The van der Waals surface area contributed by atoms with Crippen LogP contribution in [0.25, 0.3) is 0 Å². The topological polar surface area (TPSA) is 187 Å². The molecule has 0 unspecified atom stereocenters. The molecular formula is C37H108B35ClO14Si2. The highest BCUT2D eigenvalue weighted by atomic mass is 35.5. The van der Waals surface area contributed by atoms with Crippen molar-refractivity contribution in [2.24, 2.45) is 0 Å². The van der Waals surface area contributed by atoms with Gasteiger partial charge in [0, 0.05) is 205 Å². The second kappa shape index (κ2) is 148. The highest BCUT2D eigenvalue weighted by Crippen LogP contribution is 2.39. The van der Waals surface area contributed by atoms with Crippen molar-refractivity contribution in [1.29, 1.82) is 46.7 Å². The first-order chi connectivity index (χ1) is 44.7. The number of esters is 3. The van der Waals surface area contributed by atoms with Crippen LogP contribution in [0.1, 0.15) is 128 Å². The van der Waals surface area contributed by atoms with Crippen molar-refractivity contribution >= 4 is 357 Å². The van der Waals surface area contributed by atoms with E-state index in [0.29, 0.717) is 28.2 Å². The molecule has 0 heterocycles. The quantitative estimate of drug-likeness (QED) is 0.0303. The Bertz CT molecular complexity index is 1680. The minimum absolute atomic E-state index is 0. The van der Waals surface area contributed by atoms with Gasteiger partial charge in [-0.1, -0.05) is 75.7 Å². The maximum absolute atomic E-state index is 12.0. The lowest BCUT2D eigenvalue weighted by molar-refractivity contribution is -0.149. The van der Waals surface area contributed by atoms with E-state index in [0.717, 1.165) is 25.7 Å². The summed E-state index contributed by atoms with van der Waals surface area (Å²) in [5, 5.41) is 8.87. The number of unbranched alkanes of at least 4 members (excludes halogenated alkanes) is 2. The van der Waals surface area contributed by atoms with Gasteiger partial charge in [-0.05, 0) is 110 Å². The number of carbonyl (C=O) groups is 6. The molecule has 14 nitrogen and oxygen atoms in total. The molecule has 0 aliphatic carbocycles. The summed E-state index contributed by atoms with van der Waals surface area (Å²) < 4.78 is 243. The predicted molar refractivity (Wildman–Crippen MR) is 465 cm³/mol. The van der Waals surface area contributed by atoms with Crippen molar-refractivity contribution in [3.8, 4) is 0 Å². The number of ether oxygens (including phenoxy) is 5. The van der Waals surface area contributed by atoms with Crippen LogP contribution in [-0.2, 0) is 51.7 Å². The summed E-state index contributed by atoms with van der Waals surface area (Å²) >= 11 is 4.72. The first-order valence-corrected chi connectivity index (χ1v) is 24.5. The molecule has 460 valence electrons. The molecule has 0 spiro atoms. The molecule has 0 aliphatic heterocycles. The van der Waals surface area contributed by atoms with Gasteiger partial charge in [0.05, 0.1) is 164 Å². The number of carbonyl (C=O) groups excluding carboxylic acids is 5. The van der Waals surface area contributed by atoms with Crippen LogP contribution in [0.2, 0.25) is 36.3 Å². The normalized spacial score (nSPS) is 11.5. The Morgan fingerprint density at radius 2 is 0.663 bits per heavy atom. The monoisotopic (exact) mass is 1320 g/mol. The molecule has 0 saturated carbocycles. The molecule has 1 N–H and O–H groups in total. The SMILES string of the molecule is C.CCCCOC(=O)C[C@H](CC(=O)O)O[Si](C)(C)C(C)(C)C.CCCCOC(=O)C[C@H](CC(=O)OC(=O)OCC)O[Si](C)(C)C(C)(C)C.CCOC(=O)Cl.[3H]B([3H])[3H].[3H]B([3H])[3H].[3H]B([3H])[3H].[3H]B([3H])[3H].[3H]B([3H])[3H].[3H]B([3H])[3H].[3H]B([3H])[3H].[3H]B([3H])[3H].[3H]B([3H])[3H].[3H]B([3H])[3H].[3H]B([3H])[3H].[3H][B][3H].[B].[B].[B].[B].[B].[B].[B].[B].[B].[B].[B].[B].[B].[B].[B].[B].[B].[B].[B].[B].[B].[B].[B]. The summed E-state index contributed by atoms with van der Waals surface area (Å²) in [6.07, 6.45) is 0.664. The Labute approximate surface area is 671 Å². The molecule has 0 aromatic carbocycles. The first-order valence-electron chi connectivity index (χ1n) is 38.5. The van der Waals surface area contributed by atoms with E-state index in [2.05, 4.69) is 55.8 Å². The lowest BCUT2D eigenvalue weighted by Crippen LogP contribution is -2.45. The fourth-order valence-electron chi connectivity index (χ4n) is 3.42. The van der Waals surface area contributed by atoms with Crippen molar-refractivity contribution < 1.29 is 66.4 Å². The molecule has 70 radical (unpaired) electrons. The number of carboxylic acid groups (broad SMARTS) is 1. The van der Waals surface area contributed by atoms with Gasteiger partial charge in [-0.25, -0.2) is 9.59 Å². The molecule has 0 aromatic rings. The number of rotatable bonds is 20. The van der Waals surface area contributed by atoms with E-state index in [1.54, 1.807) is 13.8 Å². The van der Waals surface area contributed by atoms with Gasteiger partial charge in [-0.15, -0.1) is 0 Å². The molecular weight excluding hydrogens is 1140 g/mol. The lowest BCUT2D eigenvalue weighted by atomic mass is 10.2. The summed E-state index contributed by atoms with van der Waals surface area (Å²) in [4.78, 5) is 67.6. The molecule has 0 saturated heterocycles. The zero-order chi connectivity index (χ0) is 84.1. The molecule has 0 bridgehead atoms. The van der Waals surface area contributed by atoms with Crippen molar-refractivity contribution in [3.05, 3.63) is 0 Å². The van der Waals surface area contributed by atoms with Crippen molar-refractivity contribution in [3.63, 3.8) is 0 Å². The van der Waals surface area contributed by atoms with Crippen molar-refractivity contribution in [1.82, 2.24) is 0 Å². The molecule has 89 heavy (non-hydrogen) atoms. The zero-order valence-electron chi connectivity index (χ0n) is 90.0. The van der Waals surface area contributed by atoms with Gasteiger partial charge >= 0.3 is 35.5 Å². The average Bonchev–Trinajstić information content (AvgIpc) is 0.837. The number of hydrogen-bond donors (Lipinski definition) is 1. The summed E-state index contributed by atoms with van der Waals surface area (Å²) in [6.45, 7) is 29.1. The summed E-state index contributed by atoms with van der Waals surface area (Å²) in [5.41, 5.74) is -0.738. The summed E-state index contributed by atoms with van der Waals surface area (Å²) in [6, 6.07) is 0. The van der Waals surface area contributed by atoms with Crippen molar-refractivity contribution in [2.45, 2.75) is 177 Å². The third-order valence-corrected chi connectivity index (χ3v) is 17.5. The number of hydrogen-bond acceptors (Lipinski definition) is 13. The van der Waals surface area contributed by atoms with E-state index in [4.69, 9.17) is 81.8 Å². The van der Waals surface area contributed by atoms with E-state index in [-0.39, 0.29) is 249 Å². The largest absolute Gasteiger partial charge is 0.516 e. The smallest absolute Gasteiger partial charge is 0.481 e. The second-order valence-corrected chi connectivity index (χ2v) is 25.0. The van der Waals surface area contributed by atoms with E-state index < -0.39 is 150 Å². The van der Waals surface area contributed by atoms with Crippen LogP contribution in [0.4, 0.5) is 9.59 Å². The Hall–Kier alpha value is -0.264. The standard InChI is InChI=1S/C18H34O7Si.C15H30O5Si.C3H5ClO2.CH4.11BH3.BH2.23B/c1-8-10-11-23-15(19)12-14(25-26(6,7)18(3,4)5)13-16(20)24-17(21)22-9-2;1-7-8-9-19-14(18)11-12(10-13(16)17)20-21(5,6)15(2,3)4;1-2-6-3(4)5;;;;;;;;;;;;;;;;;;;;;;;;;;;;;;;;;;;;/h14H,8-13H2,1-7H3;12H,7-11H2,1-6H3,(H,16,17);2H2,1H3;1H4;11*1H3;1H2;;;;;;;;;;;;;;;;;;;;;;;/t14-;12-;;;;;;;;;;;;;;;;;;;;;;;;;;;;;;;;;;;;;/m10...................................../s1/i;;;;11*1T3;1T2;;;;;;;;;;;;;;;;;;;;;;;. The van der Waals surface area contributed by atoms with Gasteiger partial charge in [0.25, 0.3) is 0 Å². The number of aliphatic carboxylic acids is 1. The molecule has 0 amide bonds. The summed E-state index contributed by atoms with van der Waals surface area (Å²) in [5.74, 6) is -2.55. The van der Waals surface area contributed by atoms with E-state index in [9.17, 15) is 28.8 Å². The third kappa shape index (κ3) is 159. The highest BCUT2D eigenvalue weighted by Gasteiger charge is 2.41. The molecule has 0 rings (SSSR count). The van der Waals surface area contributed by atoms with Gasteiger partial charge in [0.2, 0.25) is 0 Å². The van der Waals surface area contributed by atoms with E-state index in [1.165, 1.54) is 0 Å². The summed E-state index contributed by atoms with van der Waals surface area (Å²) in [7, 11) is -19.4. The molecule has 0 aromatic heterocycles. The van der Waals surface area contributed by atoms with Gasteiger partial charge < -0.3 is 37.6 Å². The van der Waals surface area contributed by atoms with Crippen LogP contribution in [-0.4, -0.2) is 436 Å². The van der Waals surface area contributed by atoms with Gasteiger partial charge in [-0.2, -0.15) is 0 Å². The molecule has 52 heteroatoms. The fourth-order valence-corrected chi connectivity index (χ4v) is 6.24. The zero-order valence-corrected chi connectivity index (χ0v) is 57.7. The Morgan fingerprint density at radius 3 is 0.831 bits per heavy atom. The van der Waals surface area contributed by atoms with Crippen LogP contribution >= 0.6 is 11.6 Å². The van der Waals surface area contributed by atoms with E-state index >= 15 is 0 Å². The van der Waals surface area contributed by atoms with Gasteiger partial charge in [-0.3, -0.25) is 19.2 Å². The molecule has 0 aliphatic rings. The molecule has 0 fully saturated rings. The second-order valence-electron chi connectivity index (χ2n) is 15.2. The predicted octanol–water partition coefficient (Wildman–Crippen LogP) is -12.9. The lowest BCUT2D eigenvalue weighted by Gasteiger charge is -2.38. The minimum atomic E-state index is -2.23. The maximum atomic E-state index is 12.0. The minimum Gasteiger partial charge on any atom is -0.481 e. The fraction of sp³-hybridized carbons (Fsp3) is 0.838. The Balaban J connectivity index is -0.0000000180.